The molecule has 1 fully saturated rings. The first-order valence-corrected chi connectivity index (χ1v) is 8.89. The number of nitrogens with one attached hydrogen (secondary N) is 1. The predicted octanol–water partition coefficient (Wildman–Crippen LogP) is 2.72. The van der Waals surface area contributed by atoms with Gasteiger partial charge in [-0.3, -0.25) is 0 Å². The van der Waals surface area contributed by atoms with Crippen LogP contribution in [0.1, 0.15) is 24.2 Å². The van der Waals surface area contributed by atoms with Crippen LogP contribution in [0.4, 0.5) is 30.4 Å². The van der Waals surface area contributed by atoms with Gasteiger partial charge in [0.05, 0.1) is 17.4 Å². The number of hydrogen-bond acceptors (Lipinski definition) is 7. The summed E-state index contributed by atoms with van der Waals surface area (Å²) in [5, 5.41) is 32.6. The topological polar surface area (TPSA) is 102 Å². The van der Waals surface area contributed by atoms with Crippen LogP contribution in [0.15, 0.2) is 30.3 Å². The minimum Gasteiger partial charge on any atom is -0.393 e. The lowest BCUT2D eigenvalue weighted by Gasteiger charge is -2.32. The summed E-state index contributed by atoms with van der Waals surface area (Å²) >= 11 is 0. The normalized spacial score (nSPS) is 15.5. The minimum atomic E-state index is -4.68. The second-order valence-electron chi connectivity index (χ2n) is 6.70. The van der Waals surface area contributed by atoms with E-state index < -0.39 is 12.0 Å². The third-order valence-corrected chi connectivity index (χ3v) is 4.71. The smallest absolute Gasteiger partial charge is 0.393 e. The van der Waals surface area contributed by atoms with Crippen LogP contribution in [0, 0.1) is 11.3 Å². The molecule has 1 aliphatic rings. The number of piperidine rings is 1. The van der Waals surface area contributed by atoms with Crippen molar-refractivity contribution in [2.45, 2.75) is 25.1 Å². The molecule has 0 atom stereocenters. The van der Waals surface area contributed by atoms with Gasteiger partial charge >= 0.3 is 6.18 Å². The first-order valence-electron chi connectivity index (χ1n) is 8.89. The molecular weight excluding hydrogens is 387 g/mol. The molecule has 0 aliphatic carbocycles. The van der Waals surface area contributed by atoms with E-state index in [-0.39, 0.29) is 17.6 Å². The second-order valence-corrected chi connectivity index (χ2v) is 6.70. The van der Waals surface area contributed by atoms with Gasteiger partial charge in [-0.2, -0.15) is 22.9 Å². The molecule has 1 saturated heterocycles. The first-order chi connectivity index (χ1) is 13.8. The number of aliphatic hydroxyl groups is 1. The molecule has 150 valence electrons. The van der Waals surface area contributed by atoms with Crippen molar-refractivity contribution in [3.8, 4) is 6.07 Å². The predicted molar refractivity (Wildman–Crippen MR) is 97.7 cm³/mol. The van der Waals surface area contributed by atoms with Crippen molar-refractivity contribution in [1.82, 2.24) is 19.8 Å². The van der Waals surface area contributed by atoms with Gasteiger partial charge in [0.15, 0.2) is 11.5 Å². The Hall–Kier alpha value is -3.39. The number of alkyl halides is 3. The monoisotopic (exact) mass is 403 g/mol. The Bertz CT molecular complexity index is 1080. The molecule has 1 aliphatic heterocycles. The van der Waals surface area contributed by atoms with E-state index in [4.69, 9.17) is 0 Å². The van der Waals surface area contributed by atoms with Crippen molar-refractivity contribution in [2.24, 2.45) is 0 Å². The van der Waals surface area contributed by atoms with Crippen LogP contribution in [0.25, 0.3) is 5.65 Å². The van der Waals surface area contributed by atoms with Crippen molar-refractivity contribution in [3.63, 3.8) is 0 Å². The van der Waals surface area contributed by atoms with Crippen molar-refractivity contribution < 1.29 is 18.3 Å². The molecule has 3 heterocycles. The Morgan fingerprint density at radius 2 is 1.90 bits per heavy atom. The van der Waals surface area contributed by atoms with Crippen LogP contribution in [0.2, 0.25) is 0 Å². The average molecular weight is 403 g/mol. The van der Waals surface area contributed by atoms with E-state index >= 15 is 0 Å². The van der Waals surface area contributed by atoms with E-state index in [2.05, 4.69) is 26.7 Å². The number of benzene rings is 1. The molecule has 4 rings (SSSR count). The molecule has 0 unspecified atom stereocenters. The first kappa shape index (κ1) is 18.9. The molecule has 0 amide bonds. The Kier molecular flexibility index (Phi) is 4.71. The third-order valence-electron chi connectivity index (χ3n) is 4.71. The number of aromatic nitrogens is 4. The molecule has 29 heavy (non-hydrogen) atoms. The van der Waals surface area contributed by atoms with Crippen LogP contribution >= 0.6 is 0 Å². The molecule has 0 spiro atoms. The molecule has 2 N–H and O–H groups in total. The molecule has 0 saturated carbocycles. The maximum atomic E-state index is 13.0. The number of rotatable bonds is 3. The molecule has 2 aromatic heterocycles. The molecule has 0 radical (unpaired) electrons. The molecule has 8 nitrogen and oxygen atoms in total. The number of nitrogens with zero attached hydrogens (tertiary/aromatic N) is 6. The highest BCUT2D eigenvalue weighted by Crippen LogP contribution is 2.29. The quantitative estimate of drug-likeness (QED) is 0.693. The lowest BCUT2D eigenvalue weighted by molar-refractivity contribution is -0.146. The van der Waals surface area contributed by atoms with Gasteiger partial charge in [-0.15, -0.1) is 15.3 Å². The van der Waals surface area contributed by atoms with Crippen molar-refractivity contribution in [1.29, 1.82) is 5.26 Å². The molecule has 11 heteroatoms. The average Bonchev–Trinajstić information content (AvgIpc) is 3.12. The Labute approximate surface area is 163 Å². The number of anilines is 3. The molecule has 0 bridgehead atoms. The van der Waals surface area contributed by atoms with Crippen LogP contribution in [0.5, 0.6) is 0 Å². The summed E-state index contributed by atoms with van der Waals surface area (Å²) in [7, 11) is 0. The van der Waals surface area contributed by atoms with Crippen LogP contribution in [-0.2, 0) is 6.18 Å². The third kappa shape index (κ3) is 3.79. The van der Waals surface area contributed by atoms with E-state index in [0.29, 0.717) is 41.7 Å². The highest BCUT2D eigenvalue weighted by molar-refractivity contribution is 5.68. The van der Waals surface area contributed by atoms with E-state index in [1.165, 1.54) is 12.1 Å². The number of fused-ring (bicyclic) bond motifs is 1. The lowest BCUT2D eigenvalue weighted by Crippen LogP contribution is -2.36. The maximum absolute atomic E-state index is 13.0. The number of halogens is 3. The van der Waals surface area contributed by atoms with E-state index in [1.54, 1.807) is 18.2 Å². The Morgan fingerprint density at radius 1 is 1.14 bits per heavy atom. The van der Waals surface area contributed by atoms with Crippen LogP contribution in [0.3, 0.4) is 0 Å². The summed E-state index contributed by atoms with van der Waals surface area (Å²) in [5.74, 6) is -1.06. The fourth-order valence-electron chi connectivity index (χ4n) is 3.27. The molecule has 1 aromatic carbocycles. The van der Waals surface area contributed by atoms with Gasteiger partial charge in [0.1, 0.15) is 6.07 Å². The number of aliphatic hydroxyl groups excluding tert-OH is 1. The molecule has 3 aromatic rings. The van der Waals surface area contributed by atoms with Gasteiger partial charge in [0, 0.05) is 18.8 Å². The fraction of sp³-hybridized carbons (Fsp3) is 0.333. The zero-order chi connectivity index (χ0) is 20.6. The number of nitriles is 1. The zero-order valence-electron chi connectivity index (χ0n) is 15.1. The summed E-state index contributed by atoms with van der Waals surface area (Å²) < 4.78 is 39.7. The largest absolute Gasteiger partial charge is 0.453 e. The summed E-state index contributed by atoms with van der Waals surface area (Å²) in [6.45, 7) is 1.30. The maximum Gasteiger partial charge on any atom is 0.453 e. The van der Waals surface area contributed by atoms with Gasteiger partial charge in [0.25, 0.3) is 5.82 Å². The zero-order valence-corrected chi connectivity index (χ0v) is 15.1. The highest BCUT2D eigenvalue weighted by atomic mass is 19.4. The summed E-state index contributed by atoms with van der Waals surface area (Å²) in [5.41, 5.74) is 1.67. The fourth-order valence-corrected chi connectivity index (χ4v) is 3.27. The lowest BCUT2D eigenvalue weighted by atomic mass is 10.0. The number of hydrogen-bond donors (Lipinski definition) is 2. The SMILES string of the molecule is N#Cc1cc(Nc2ccc3nnc(C(F)(F)F)n3n2)ccc1N1CCC(O)CC1. The van der Waals surface area contributed by atoms with E-state index in [1.807, 2.05) is 4.90 Å². The van der Waals surface area contributed by atoms with Gasteiger partial charge in [-0.25, -0.2) is 0 Å². The summed E-state index contributed by atoms with van der Waals surface area (Å²) in [4.78, 5) is 2.03. The summed E-state index contributed by atoms with van der Waals surface area (Å²) in [6.07, 6.45) is -3.73. The van der Waals surface area contributed by atoms with Gasteiger partial charge < -0.3 is 15.3 Å². The van der Waals surface area contributed by atoms with E-state index in [0.717, 1.165) is 5.69 Å². The Balaban J connectivity index is 1.60. The van der Waals surface area contributed by atoms with Crippen molar-refractivity contribution in [3.05, 3.63) is 41.7 Å². The van der Waals surface area contributed by atoms with Crippen molar-refractivity contribution >= 4 is 22.8 Å². The standard InChI is InChI=1S/C18H16F3N7O/c19-18(20,21)17-25-24-16-4-3-15(26-28(16)17)23-12-1-2-14(11(9-12)10-22)27-7-5-13(29)6-8-27/h1-4,9,13,29H,5-8H2,(H,23,26). The Morgan fingerprint density at radius 3 is 2.59 bits per heavy atom. The van der Waals surface area contributed by atoms with E-state index in [9.17, 15) is 23.5 Å². The second kappa shape index (κ2) is 7.21. The van der Waals surface area contributed by atoms with Crippen LogP contribution in [-0.4, -0.2) is 44.1 Å². The van der Waals surface area contributed by atoms with Gasteiger partial charge in [-0.05, 0) is 43.2 Å². The minimum absolute atomic E-state index is 0.0248. The van der Waals surface area contributed by atoms with Crippen LogP contribution < -0.4 is 10.2 Å². The van der Waals surface area contributed by atoms with Gasteiger partial charge in [0.2, 0.25) is 0 Å². The summed E-state index contributed by atoms with van der Waals surface area (Å²) in [6, 6.07) is 10.1. The van der Waals surface area contributed by atoms with Gasteiger partial charge in [-0.1, -0.05) is 0 Å². The highest BCUT2D eigenvalue weighted by Gasteiger charge is 2.37. The molecular formula is C18H16F3N7O. The van der Waals surface area contributed by atoms with Crippen molar-refractivity contribution in [2.75, 3.05) is 23.3 Å².